The van der Waals surface area contributed by atoms with E-state index in [0.717, 1.165) is 5.57 Å². The van der Waals surface area contributed by atoms with Crippen molar-refractivity contribution in [1.29, 1.82) is 0 Å². The molecule has 102 valence electrons. The fourth-order valence-electron chi connectivity index (χ4n) is 1.32. The van der Waals surface area contributed by atoms with Gasteiger partial charge in [0.25, 0.3) is 0 Å². The number of ether oxygens (including phenoxy) is 1. The van der Waals surface area contributed by atoms with Gasteiger partial charge in [0, 0.05) is 6.08 Å². The predicted octanol–water partition coefficient (Wildman–Crippen LogP) is 3.44. The molecule has 0 radical (unpaired) electrons. The number of carbonyl (C=O) groups excluding carboxylic acids is 1. The van der Waals surface area contributed by atoms with Crippen LogP contribution in [-0.4, -0.2) is 26.5 Å². The zero-order chi connectivity index (χ0) is 14.2. The summed E-state index contributed by atoms with van der Waals surface area (Å²) in [5.74, 6) is -0.314. The van der Waals surface area contributed by atoms with Gasteiger partial charge in [0.2, 0.25) is 0 Å². The van der Waals surface area contributed by atoms with Crippen LogP contribution < -0.4 is 0 Å². The van der Waals surface area contributed by atoms with Gasteiger partial charge in [-0.3, -0.25) is 0 Å². The average Bonchev–Trinajstić information content (AvgIpc) is 2.55. The molecule has 18 heavy (non-hydrogen) atoms. The highest BCUT2D eigenvalue weighted by atomic mass is 28.4. The van der Waals surface area contributed by atoms with E-state index in [4.69, 9.17) is 9.16 Å². The molecule has 1 aliphatic rings. The molecule has 1 rings (SSSR count). The van der Waals surface area contributed by atoms with Gasteiger partial charge in [-0.2, -0.15) is 0 Å². The van der Waals surface area contributed by atoms with E-state index in [9.17, 15) is 4.79 Å². The third kappa shape index (κ3) is 3.12. The molecule has 0 bridgehead atoms. The van der Waals surface area contributed by atoms with Crippen LogP contribution in [0.25, 0.3) is 0 Å². The van der Waals surface area contributed by atoms with Crippen molar-refractivity contribution >= 4 is 14.3 Å². The fourth-order valence-corrected chi connectivity index (χ4v) is 2.29. The van der Waals surface area contributed by atoms with Crippen molar-refractivity contribution in [2.24, 2.45) is 0 Å². The summed E-state index contributed by atoms with van der Waals surface area (Å²) in [7, 11) is -1.79. The molecule has 1 atom stereocenters. The van der Waals surface area contributed by atoms with Crippen molar-refractivity contribution in [3.05, 3.63) is 24.3 Å². The van der Waals surface area contributed by atoms with Crippen LogP contribution in [0.15, 0.2) is 24.3 Å². The Labute approximate surface area is 111 Å². The van der Waals surface area contributed by atoms with E-state index in [1.54, 1.807) is 6.08 Å². The third-order valence-corrected chi connectivity index (χ3v) is 8.44. The Hall–Kier alpha value is -0.873. The summed E-state index contributed by atoms with van der Waals surface area (Å²) in [6, 6.07) is 0. The largest absolute Gasteiger partial charge is 0.447 e. The number of esters is 1. The smallest absolute Gasteiger partial charge is 0.331 e. The van der Waals surface area contributed by atoms with Crippen molar-refractivity contribution in [2.45, 2.75) is 51.4 Å². The number of hydrogen-bond acceptors (Lipinski definition) is 3. The second kappa shape index (κ2) is 4.66. The van der Waals surface area contributed by atoms with Crippen LogP contribution in [0.5, 0.6) is 0 Å². The zero-order valence-corrected chi connectivity index (χ0v) is 13.3. The van der Waals surface area contributed by atoms with E-state index in [2.05, 4.69) is 40.4 Å². The van der Waals surface area contributed by atoms with E-state index in [-0.39, 0.29) is 11.0 Å². The fraction of sp³-hybridized carbons (Fsp3) is 0.643. The first kappa shape index (κ1) is 15.2. The first-order valence-corrected chi connectivity index (χ1v) is 9.13. The topological polar surface area (TPSA) is 35.5 Å². The van der Waals surface area contributed by atoms with Gasteiger partial charge in [0.15, 0.2) is 13.9 Å². The summed E-state index contributed by atoms with van der Waals surface area (Å²) in [5, 5.41) is 0.163. The molecule has 0 spiro atoms. The van der Waals surface area contributed by atoms with Crippen LogP contribution in [-0.2, 0) is 14.0 Å². The summed E-state index contributed by atoms with van der Waals surface area (Å²) in [6.07, 6.45) is 3.18. The molecule has 1 heterocycles. The molecule has 3 nitrogen and oxygen atoms in total. The summed E-state index contributed by atoms with van der Waals surface area (Å²) < 4.78 is 11.3. The quantitative estimate of drug-likeness (QED) is 0.445. The van der Waals surface area contributed by atoms with Crippen LogP contribution in [0.3, 0.4) is 0 Å². The monoisotopic (exact) mass is 268 g/mol. The Balaban J connectivity index is 2.63. The van der Waals surface area contributed by atoms with Crippen molar-refractivity contribution in [2.75, 3.05) is 6.61 Å². The second-order valence-corrected chi connectivity index (χ2v) is 11.3. The second-order valence-electron chi connectivity index (χ2n) is 6.51. The lowest BCUT2D eigenvalue weighted by atomic mass is 9.99. The van der Waals surface area contributed by atoms with E-state index in [1.165, 1.54) is 6.08 Å². The molecule has 0 aliphatic carbocycles. The Morgan fingerprint density at radius 3 is 2.44 bits per heavy atom. The molecule has 0 fully saturated rings. The van der Waals surface area contributed by atoms with Gasteiger partial charge in [-0.15, -0.1) is 0 Å². The standard InChI is InChI=1S/C14H24O3Si/c1-11(14(5)9-8-12(15)17-14)10-16-18(6,7)13(2,3)4/h8-9H,1,10H2,2-7H3/t14-/m0/s1. The SMILES string of the molecule is C=C(CO[Si](C)(C)C(C)(C)C)[C@]1(C)C=CC(=O)O1. The number of carbonyl (C=O) groups is 1. The molecule has 0 N–H and O–H groups in total. The minimum absolute atomic E-state index is 0.163. The van der Waals surface area contributed by atoms with Crippen molar-refractivity contribution in [3.8, 4) is 0 Å². The van der Waals surface area contributed by atoms with E-state index >= 15 is 0 Å². The summed E-state index contributed by atoms with van der Waals surface area (Å²) in [5.41, 5.74) is 0.0776. The lowest BCUT2D eigenvalue weighted by molar-refractivity contribution is -0.142. The van der Waals surface area contributed by atoms with Gasteiger partial charge < -0.3 is 9.16 Å². The number of hydrogen-bond donors (Lipinski definition) is 0. The molecule has 0 aromatic heterocycles. The van der Waals surface area contributed by atoms with Gasteiger partial charge >= 0.3 is 5.97 Å². The summed E-state index contributed by atoms with van der Waals surface area (Å²) >= 11 is 0. The first-order valence-electron chi connectivity index (χ1n) is 6.22. The lowest BCUT2D eigenvalue weighted by Crippen LogP contribution is -2.42. The highest BCUT2D eigenvalue weighted by Gasteiger charge is 2.39. The Morgan fingerprint density at radius 1 is 1.50 bits per heavy atom. The first-order chi connectivity index (χ1) is 7.98. The predicted molar refractivity (Wildman–Crippen MR) is 75.9 cm³/mol. The minimum atomic E-state index is -1.79. The summed E-state index contributed by atoms with van der Waals surface area (Å²) in [4.78, 5) is 11.1. The number of cyclic esters (lactones) is 1. The molecular weight excluding hydrogens is 244 g/mol. The van der Waals surface area contributed by atoms with Crippen molar-refractivity contribution in [1.82, 2.24) is 0 Å². The molecule has 0 aromatic rings. The van der Waals surface area contributed by atoms with Crippen LogP contribution in [0.2, 0.25) is 18.1 Å². The minimum Gasteiger partial charge on any atom is -0.447 e. The van der Waals surface area contributed by atoms with Gasteiger partial charge in [-0.05, 0) is 36.7 Å². The van der Waals surface area contributed by atoms with Crippen LogP contribution >= 0.6 is 0 Å². The highest BCUT2D eigenvalue weighted by molar-refractivity contribution is 6.74. The normalized spacial score (nSPS) is 24.2. The van der Waals surface area contributed by atoms with Gasteiger partial charge in [0.05, 0.1) is 6.61 Å². The highest BCUT2D eigenvalue weighted by Crippen LogP contribution is 2.37. The molecule has 0 amide bonds. The molecule has 0 aromatic carbocycles. The lowest BCUT2D eigenvalue weighted by Gasteiger charge is -2.37. The van der Waals surface area contributed by atoms with E-state index in [1.807, 2.05) is 6.92 Å². The van der Waals surface area contributed by atoms with Crippen molar-refractivity contribution in [3.63, 3.8) is 0 Å². The van der Waals surface area contributed by atoms with Crippen LogP contribution in [0.4, 0.5) is 0 Å². The maximum Gasteiger partial charge on any atom is 0.331 e. The Morgan fingerprint density at radius 2 is 2.06 bits per heavy atom. The molecule has 4 heteroatoms. The molecule has 0 saturated heterocycles. The van der Waals surface area contributed by atoms with Gasteiger partial charge in [0.1, 0.15) is 0 Å². The molecule has 1 aliphatic heterocycles. The number of rotatable bonds is 4. The maximum atomic E-state index is 11.1. The molecular formula is C14H24O3Si. The van der Waals surface area contributed by atoms with Crippen LogP contribution in [0.1, 0.15) is 27.7 Å². The third-order valence-electron chi connectivity index (χ3n) is 3.97. The van der Waals surface area contributed by atoms with Crippen LogP contribution in [0, 0.1) is 0 Å². The van der Waals surface area contributed by atoms with Crippen molar-refractivity contribution < 1.29 is 14.0 Å². The molecule has 0 unspecified atom stereocenters. The van der Waals surface area contributed by atoms with E-state index in [0.29, 0.717) is 6.61 Å². The maximum absolute atomic E-state index is 11.1. The van der Waals surface area contributed by atoms with Gasteiger partial charge in [-0.25, -0.2) is 4.79 Å². The van der Waals surface area contributed by atoms with E-state index < -0.39 is 13.9 Å². The van der Waals surface area contributed by atoms with Gasteiger partial charge in [-0.1, -0.05) is 27.4 Å². The Bertz CT molecular complexity index is 390. The molecule has 0 saturated carbocycles. The average molecular weight is 268 g/mol. The summed E-state index contributed by atoms with van der Waals surface area (Å²) in [6.45, 7) is 17.2. The zero-order valence-electron chi connectivity index (χ0n) is 12.3. The Kier molecular flexibility index (Phi) is 3.94.